The first-order valence-corrected chi connectivity index (χ1v) is 11.7. The average molecular weight is 444 g/mol. The standard InChI is InChI=1S/C24H33N3O5/c1-3-22(28)26-16-8-11-20-18(12-16)24(30)27(2)19-10-9-17(32-21(19)14-31-20)13-23(29)25-15-6-4-5-7-15/h8,11-12,15,17,19,21H,3-7,9-10,13-14H2,1-2H3,(H,25,29)(H,26,28)/t17-,19-,21+/m1/s1. The summed E-state index contributed by atoms with van der Waals surface area (Å²) < 4.78 is 12.2. The molecule has 2 N–H and O–H groups in total. The van der Waals surface area contributed by atoms with Gasteiger partial charge in [0.25, 0.3) is 5.91 Å². The number of rotatable bonds is 5. The maximum Gasteiger partial charge on any atom is 0.257 e. The van der Waals surface area contributed by atoms with Crippen LogP contribution in [-0.2, 0) is 14.3 Å². The molecule has 8 nitrogen and oxygen atoms in total. The van der Waals surface area contributed by atoms with Crippen LogP contribution in [0.3, 0.4) is 0 Å². The lowest BCUT2D eigenvalue weighted by atomic mass is 9.94. The van der Waals surface area contributed by atoms with Crippen LogP contribution in [0.4, 0.5) is 5.69 Å². The molecule has 8 heteroatoms. The first kappa shape index (κ1) is 22.6. The van der Waals surface area contributed by atoms with E-state index in [1.807, 2.05) is 0 Å². The molecule has 32 heavy (non-hydrogen) atoms. The molecule has 2 aliphatic heterocycles. The minimum Gasteiger partial charge on any atom is -0.490 e. The van der Waals surface area contributed by atoms with Crippen molar-refractivity contribution in [3.05, 3.63) is 23.8 Å². The van der Waals surface area contributed by atoms with Crippen LogP contribution in [0.15, 0.2) is 18.2 Å². The average Bonchev–Trinajstić information content (AvgIpc) is 3.29. The van der Waals surface area contributed by atoms with Crippen LogP contribution in [0.1, 0.15) is 68.6 Å². The zero-order valence-electron chi connectivity index (χ0n) is 18.9. The van der Waals surface area contributed by atoms with Gasteiger partial charge >= 0.3 is 0 Å². The van der Waals surface area contributed by atoms with Crippen molar-refractivity contribution < 1.29 is 23.9 Å². The highest BCUT2D eigenvalue weighted by molar-refractivity contribution is 5.99. The molecular formula is C24H33N3O5. The minimum atomic E-state index is -0.297. The fourth-order valence-electron chi connectivity index (χ4n) is 4.92. The molecule has 0 radical (unpaired) electrons. The number of amides is 3. The van der Waals surface area contributed by atoms with Crippen molar-refractivity contribution in [2.24, 2.45) is 0 Å². The van der Waals surface area contributed by atoms with Gasteiger partial charge in [-0.15, -0.1) is 0 Å². The summed E-state index contributed by atoms with van der Waals surface area (Å²) in [5.41, 5.74) is 1.00. The van der Waals surface area contributed by atoms with Crippen LogP contribution in [0, 0.1) is 0 Å². The van der Waals surface area contributed by atoms with E-state index >= 15 is 0 Å². The number of ether oxygens (including phenoxy) is 2. The van der Waals surface area contributed by atoms with E-state index in [0.717, 1.165) is 25.7 Å². The largest absolute Gasteiger partial charge is 0.490 e. The summed E-state index contributed by atoms with van der Waals surface area (Å²) in [5, 5.41) is 5.92. The lowest BCUT2D eigenvalue weighted by Crippen LogP contribution is -2.54. The summed E-state index contributed by atoms with van der Waals surface area (Å²) in [6.07, 6.45) is 6.19. The molecule has 174 valence electrons. The highest BCUT2D eigenvalue weighted by Gasteiger charge is 2.39. The smallest absolute Gasteiger partial charge is 0.257 e. The third-order valence-electron chi connectivity index (χ3n) is 6.75. The van der Waals surface area contributed by atoms with E-state index in [4.69, 9.17) is 9.47 Å². The molecule has 0 unspecified atom stereocenters. The van der Waals surface area contributed by atoms with E-state index in [9.17, 15) is 14.4 Å². The molecule has 1 aromatic carbocycles. The van der Waals surface area contributed by atoms with Crippen LogP contribution in [-0.4, -0.2) is 60.6 Å². The van der Waals surface area contributed by atoms with Gasteiger partial charge in [-0.25, -0.2) is 0 Å². The molecule has 0 spiro atoms. The number of fused-ring (bicyclic) bond motifs is 2. The SMILES string of the molecule is CCC(=O)Nc1ccc2c(c1)C(=O)N(C)[C@@H]1CC[C@H](CC(=O)NC3CCCC3)O[C@H]1CO2. The van der Waals surface area contributed by atoms with Gasteiger partial charge in [0.05, 0.1) is 24.1 Å². The molecule has 0 aromatic heterocycles. The third kappa shape index (κ3) is 5.06. The van der Waals surface area contributed by atoms with Crippen molar-refractivity contribution >= 4 is 23.4 Å². The lowest BCUT2D eigenvalue weighted by molar-refractivity contribution is -0.134. The second-order valence-electron chi connectivity index (χ2n) is 9.03. The second kappa shape index (κ2) is 9.90. The predicted octanol–water partition coefficient (Wildman–Crippen LogP) is 2.86. The maximum atomic E-state index is 13.2. The fourth-order valence-corrected chi connectivity index (χ4v) is 4.92. The Morgan fingerprint density at radius 3 is 2.66 bits per heavy atom. The van der Waals surface area contributed by atoms with Crippen molar-refractivity contribution in [3.63, 3.8) is 0 Å². The number of benzene rings is 1. The lowest BCUT2D eigenvalue weighted by Gasteiger charge is -2.42. The zero-order chi connectivity index (χ0) is 22.7. The Bertz CT molecular complexity index is 867. The highest BCUT2D eigenvalue weighted by Crippen LogP contribution is 2.32. The summed E-state index contributed by atoms with van der Waals surface area (Å²) in [6.45, 7) is 2.08. The van der Waals surface area contributed by atoms with Gasteiger partial charge in [-0.3, -0.25) is 14.4 Å². The van der Waals surface area contributed by atoms with Gasteiger partial charge in [-0.1, -0.05) is 19.8 Å². The minimum absolute atomic E-state index is 0.0449. The number of anilines is 1. The summed E-state index contributed by atoms with van der Waals surface area (Å²) in [5.74, 6) is 0.243. The Kier molecular flexibility index (Phi) is 6.98. The first-order chi connectivity index (χ1) is 15.4. The molecule has 1 saturated heterocycles. The van der Waals surface area contributed by atoms with Crippen LogP contribution in [0.5, 0.6) is 5.75 Å². The van der Waals surface area contributed by atoms with Crippen LogP contribution in [0.25, 0.3) is 0 Å². The number of hydrogen-bond donors (Lipinski definition) is 2. The number of hydrogen-bond acceptors (Lipinski definition) is 5. The predicted molar refractivity (Wildman–Crippen MR) is 120 cm³/mol. The molecular weight excluding hydrogens is 410 g/mol. The molecule has 1 saturated carbocycles. The number of carbonyl (C=O) groups is 3. The van der Waals surface area contributed by atoms with Crippen LogP contribution in [0.2, 0.25) is 0 Å². The van der Waals surface area contributed by atoms with Gasteiger partial charge in [0, 0.05) is 25.2 Å². The maximum absolute atomic E-state index is 13.2. The molecule has 3 amide bonds. The van der Waals surface area contributed by atoms with E-state index in [1.165, 1.54) is 12.8 Å². The molecule has 2 heterocycles. The Hall–Kier alpha value is -2.61. The molecule has 3 aliphatic rings. The Labute approximate surface area is 189 Å². The van der Waals surface area contributed by atoms with E-state index in [-0.39, 0.29) is 36.0 Å². The Balaban J connectivity index is 1.42. The Morgan fingerprint density at radius 2 is 1.91 bits per heavy atom. The van der Waals surface area contributed by atoms with Gasteiger partial charge < -0.3 is 25.0 Å². The number of likely N-dealkylation sites (N-methyl/N-ethyl adjacent to an activating group) is 1. The second-order valence-corrected chi connectivity index (χ2v) is 9.03. The first-order valence-electron chi connectivity index (χ1n) is 11.7. The molecule has 4 rings (SSSR count). The quantitative estimate of drug-likeness (QED) is 0.729. The topological polar surface area (TPSA) is 97.0 Å². The summed E-state index contributed by atoms with van der Waals surface area (Å²) in [6, 6.07) is 5.29. The van der Waals surface area contributed by atoms with Crippen molar-refractivity contribution in [1.29, 1.82) is 0 Å². The van der Waals surface area contributed by atoms with Gasteiger partial charge in [0.1, 0.15) is 18.5 Å². The van der Waals surface area contributed by atoms with Crippen LogP contribution >= 0.6 is 0 Å². The van der Waals surface area contributed by atoms with Crippen molar-refractivity contribution in [2.75, 3.05) is 19.0 Å². The summed E-state index contributed by atoms with van der Waals surface area (Å²) in [7, 11) is 1.78. The molecule has 1 aromatic rings. The van der Waals surface area contributed by atoms with Gasteiger partial charge in [0.15, 0.2) is 0 Å². The normalized spacial score (nSPS) is 25.8. The number of nitrogens with one attached hydrogen (secondary N) is 2. The molecule has 1 aliphatic carbocycles. The van der Waals surface area contributed by atoms with Gasteiger partial charge in [-0.05, 0) is 43.9 Å². The number of carbonyl (C=O) groups excluding carboxylic acids is 3. The van der Waals surface area contributed by atoms with Crippen molar-refractivity contribution in [3.8, 4) is 5.75 Å². The van der Waals surface area contributed by atoms with Gasteiger partial charge in [-0.2, -0.15) is 0 Å². The number of nitrogens with zero attached hydrogens (tertiary/aromatic N) is 1. The van der Waals surface area contributed by atoms with E-state index < -0.39 is 0 Å². The molecule has 2 fully saturated rings. The van der Waals surface area contributed by atoms with E-state index in [0.29, 0.717) is 42.5 Å². The van der Waals surface area contributed by atoms with Crippen molar-refractivity contribution in [2.45, 2.75) is 82.6 Å². The highest BCUT2D eigenvalue weighted by atomic mass is 16.5. The molecule has 3 atom stereocenters. The van der Waals surface area contributed by atoms with E-state index in [2.05, 4.69) is 10.6 Å². The molecule has 0 bridgehead atoms. The zero-order valence-corrected chi connectivity index (χ0v) is 18.9. The third-order valence-corrected chi connectivity index (χ3v) is 6.75. The monoisotopic (exact) mass is 443 g/mol. The fraction of sp³-hybridized carbons (Fsp3) is 0.625. The Morgan fingerprint density at radius 1 is 1.12 bits per heavy atom. The summed E-state index contributed by atoms with van der Waals surface area (Å²) in [4.78, 5) is 39.1. The van der Waals surface area contributed by atoms with Gasteiger partial charge in [0.2, 0.25) is 11.8 Å². The van der Waals surface area contributed by atoms with E-state index in [1.54, 1.807) is 37.1 Å². The summed E-state index contributed by atoms with van der Waals surface area (Å²) >= 11 is 0. The van der Waals surface area contributed by atoms with Crippen molar-refractivity contribution in [1.82, 2.24) is 10.2 Å². The van der Waals surface area contributed by atoms with Crippen LogP contribution < -0.4 is 15.4 Å².